The lowest BCUT2D eigenvalue weighted by atomic mass is 9.98. The number of rotatable bonds is 6. The van der Waals surface area contributed by atoms with Crippen LogP contribution in [0.3, 0.4) is 0 Å². The van der Waals surface area contributed by atoms with Crippen LogP contribution in [0.5, 0.6) is 0 Å². The highest BCUT2D eigenvalue weighted by Gasteiger charge is 2.22. The molecule has 0 saturated heterocycles. The summed E-state index contributed by atoms with van der Waals surface area (Å²) in [6.07, 6.45) is 2.80. The van der Waals surface area contributed by atoms with E-state index in [1.807, 2.05) is 26.0 Å². The summed E-state index contributed by atoms with van der Waals surface area (Å²) in [5, 5.41) is 13.5. The van der Waals surface area contributed by atoms with Gasteiger partial charge in [-0.05, 0) is 25.0 Å². The Morgan fingerprint density at radius 2 is 1.91 bits per heavy atom. The van der Waals surface area contributed by atoms with Gasteiger partial charge in [0.15, 0.2) is 5.43 Å². The number of hydrogen-bond donors (Lipinski definition) is 2. The molecule has 1 amide bonds. The molecular formula is C17H22N2O3. The number of benzene rings is 1. The second-order valence-corrected chi connectivity index (χ2v) is 5.53. The number of para-hydroxylation sites is 1. The third-order valence-electron chi connectivity index (χ3n) is 4.13. The average Bonchev–Trinajstić information content (AvgIpc) is 2.55. The fourth-order valence-corrected chi connectivity index (χ4v) is 2.37. The molecule has 1 heterocycles. The molecule has 118 valence electrons. The van der Waals surface area contributed by atoms with Crippen molar-refractivity contribution < 1.29 is 9.90 Å². The minimum atomic E-state index is -0.860. The predicted octanol–water partition coefficient (Wildman–Crippen LogP) is 1.67. The number of hydrogen-bond acceptors (Lipinski definition) is 3. The maximum atomic E-state index is 12.1. The molecule has 2 N–H and O–H groups in total. The zero-order valence-electron chi connectivity index (χ0n) is 13.0. The Morgan fingerprint density at radius 1 is 1.23 bits per heavy atom. The molecule has 0 radical (unpaired) electrons. The molecule has 0 atom stereocenters. The molecule has 2 rings (SSSR count). The van der Waals surface area contributed by atoms with E-state index in [0.717, 1.165) is 5.52 Å². The maximum Gasteiger partial charge on any atom is 0.240 e. The first kappa shape index (κ1) is 16.2. The highest BCUT2D eigenvalue weighted by molar-refractivity contribution is 5.82. The van der Waals surface area contributed by atoms with Gasteiger partial charge in [-0.15, -0.1) is 0 Å². The number of aromatic nitrogens is 1. The summed E-state index contributed by atoms with van der Waals surface area (Å²) < 4.78 is 1.74. The Bertz CT molecular complexity index is 717. The van der Waals surface area contributed by atoms with Gasteiger partial charge in [0.2, 0.25) is 5.91 Å². The molecule has 1 aromatic carbocycles. The molecular weight excluding hydrogens is 280 g/mol. The van der Waals surface area contributed by atoms with Crippen molar-refractivity contribution in [2.24, 2.45) is 0 Å². The van der Waals surface area contributed by atoms with Crippen LogP contribution in [0.2, 0.25) is 0 Å². The summed E-state index contributed by atoms with van der Waals surface area (Å²) in [7, 11) is 0. The first-order valence-corrected chi connectivity index (χ1v) is 7.56. The molecule has 0 bridgehead atoms. The number of carbonyl (C=O) groups is 1. The van der Waals surface area contributed by atoms with E-state index in [1.54, 1.807) is 22.9 Å². The quantitative estimate of drug-likeness (QED) is 0.852. The van der Waals surface area contributed by atoms with Crippen molar-refractivity contribution >= 4 is 16.8 Å². The average molecular weight is 302 g/mol. The van der Waals surface area contributed by atoms with Crippen LogP contribution in [0, 0.1) is 0 Å². The monoisotopic (exact) mass is 302 g/mol. The summed E-state index contributed by atoms with van der Waals surface area (Å²) in [4.78, 5) is 23.9. The van der Waals surface area contributed by atoms with Gasteiger partial charge in [-0.1, -0.05) is 26.0 Å². The van der Waals surface area contributed by atoms with E-state index < -0.39 is 5.60 Å². The summed E-state index contributed by atoms with van der Waals surface area (Å²) in [6, 6.07) is 8.67. The van der Waals surface area contributed by atoms with Crippen molar-refractivity contribution in [3.05, 3.63) is 46.8 Å². The highest BCUT2D eigenvalue weighted by atomic mass is 16.3. The van der Waals surface area contributed by atoms with Gasteiger partial charge in [-0.25, -0.2) is 0 Å². The summed E-state index contributed by atoms with van der Waals surface area (Å²) in [5.41, 5.74) is -0.189. The molecule has 22 heavy (non-hydrogen) atoms. The Morgan fingerprint density at radius 3 is 2.59 bits per heavy atom. The Hall–Kier alpha value is -2.14. The van der Waals surface area contributed by atoms with Gasteiger partial charge in [0.1, 0.15) is 6.54 Å². The predicted molar refractivity (Wildman–Crippen MR) is 86.7 cm³/mol. The van der Waals surface area contributed by atoms with Crippen molar-refractivity contribution in [1.82, 2.24) is 9.88 Å². The number of nitrogens with one attached hydrogen (secondary N) is 1. The third-order valence-corrected chi connectivity index (χ3v) is 4.13. The molecule has 0 aliphatic rings. The molecule has 0 fully saturated rings. The molecule has 0 aliphatic carbocycles. The van der Waals surface area contributed by atoms with Crippen LogP contribution in [0.1, 0.15) is 26.7 Å². The van der Waals surface area contributed by atoms with Crippen LogP contribution < -0.4 is 10.7 Å². The van der Waals surface area contributed by atoms with Crippen molar-refractivity contribution in [1.29, 1.82) is 0 Å². The summed E-state index contributed by atoms with van der Waals surface area (Å²) >= 11 is 0. The molecule has 0 unspecified atom stereocenters. The minimum absolute atomic E-state index is 0.0569. The van der Waals surface area contributed by atoms with Crippen LogP contribution in [-0.4, -0.2) is 27.7 Å². The van der Waals surface area contributed by atoms with Crippen molar-refractivity contribution in [3.8, 4) is 0 Å². The molecule has 2 aromatic rings. The molecule has 5 heteroatoms. The number of fused-ring (bicyclic) bond motifs is 1. The zero-order valence-corrected chi connectivity index (χ0v) is 13.0. The lowest BCUT2D eigenvalue weighted by Crippen LogP contribution is -2.43. The second kappa shape index (κ2) is 6.75. The van der Waals surface area contributed by atoms with Gasteiger partial charge < -0.3 is 15.0 Å². The van der Waals surface area contributed by atoms with E-state index in [9.17, 15) is 14.7 Å². The van der Waals surface area contributed by atoms with E-state index >= 15 is 0 Å². The lowest BCUT2D eigenvalue weighted by Gasteiger charge is -2.25. The van der Waals surface area contributed by atoms with Gasteiger partial charge in [0.25, 0.3) is 0 Å². The summed E-state index contributed by atoms with van der Waals surface area (Å²) in [5.74, 6) is -0.186. The Balaban J connectivity index is 2.13. The fourth-order valence-electron chi connectivity index (χ4n) is 2.37. The normalized spacial score (nSPS) is 11.6. The molecule has 0 aliphatic heterocycles. The van der Waals surface area contributed by atoms with E-state index in [2.05, 4.69) is 5.32 Å². The SMILES string of the molecule is CCC(O)(CC)CNC(=O)Cn1ccc(=O)c2ccccc21. The molecule has 1 aromatic heterocycles. The number of aliphatic hydroxyl groups is 1. The number of pyridine rings is 1. The number of carbonyl (C=O) groups excluding carboxylic acids is 1. The molecule has 0 spiro atoms. The van der Waals surface area contributed by atoms with Crippen molar-refractivity contribution in [2.75, 3.05) is 6.54 Å². The van der Waals surface area contributed by atoms with Crippen LogP contribution in [0.25, 0.3) is 10.9 Å². The topological polar surface area (TPSA) is 71.3 Å². The zero-order chi connectivity index (χ0) is 16.2. The smallest absolute Gasteiger partial charge is 0.240 e. The minimum Gasteiger partial charge on any atom is -0.388 e. The van der Waals surface area contributed by atoms with Crippen molar-refractivity contribution in [3.63, 3.8) is 0 Å². The van der Waals surface area contributed by atoms with Crippen LogP contribution in [0.15, 0.2) is 41.3 Å². The third kappa shape index (κ3) is 3.54. The first-order valence-electron chi connectivity index (χ1n) is 7.56. The molecule has 5 nitrogen and oxygen atoms in total. The number of amides is 1. The molecule has 0 saturated carbocycles. The van der Waals surface area contributed by atoms with Gasteiger partial charge >= 0.3 is 0 Å². The number of nitrogens with zero attached hydrogens (tertiary/aromatic N) is 1. The van der Waals surface area contributed by atoms with Crippen molar-refractivity contribution in [2.45, 2.75) is 38.8 Å². The lowest BCUT2D eigenvalue weighted by molar-refractivity contribution is -0.123. The van der Waals surface area contributed by atoms with Crippen LogP contribution >= 0.6 is 0 Å². The van der Waals surface area contributed by atoms with E-state index in [4.69, 9.17) is 0 Å². The highest BCUT2D eigenvalue weighted by Crippen LogP contribution is 2.13. The fraction of sp³-hybridized carbons (Fsp3) is 0.412. The standard InChI is InChI=1S/C17H22N2O3/c1-3-17(22,4-2)12-18-16(21)11-19-10-9-15(20)13-7-5-6-8-14(13)19/h5-10,22H,3-4,11-12H2,1-2H3,(H,18,21). The van der Waals surface area contributed by atoms with Gasteiger partial charge in [-0.3, -0.25) is 9.59 Å². The van der Waals surface area contributed by atoms with E-state index in [-0.39, 0.29) is 24.4 Å². The van der Waals surface area contributed by atoms with E-state index in [1.165, 1.54) is 6.07 Å². The van der Waals surface area contributed by atoms with Crippen LogP contribution in [-0.2, 0) is 11.3 Å². The van der Waals surface area contributed by atoms with Crippen LogP contribution in [0.4, 0.5) is 0 Å². The largest absolute Gasteiger partial charge is 0.388 e. The Labute approximate surface area is 129 Å². The first-order chi connectivity index (χ1) is 10.5. The Kier molecular flexibility index (Phi) is 4.98. The van der Waals surface area contributed by atoms with E-state index in [0.29, 0.717) is 18.2 Å². The maximum absolute atomic E-state index is 12.1. The van der Waals surface area contributed by atoms with Gasteiger partial charge in [-0.2, -0.15) is 0 Å². The van der Waals surface area contributed by atoms with Gasteiger partial charge in [0, 0.05) is 24.2 Å². The second-order valence-electron chi connectivity index (χ2n) is 5.53. The summed E-state index contributed by atoms with van der Waals surface area (Å²) in [6.45, 7) is 4.14. The van der Waals surface area contributed by atoms with Gasteiger partial charge in [0.05, 0.1) is 11.1 Å².